The zero-order valence-corrected chi connectivity index (χ0v) is 25.3. The highest BCUT2D eigenvalue weighted by Crippen LogP contribution is 2.32. The van der Waals surface area contributed by atoms with Crippen LogP contribution in [0.3, 0.4) is 0 Å². The lowest BCUT2D eigenvalue weighted by Crippen LogP contribution is -2.39. The molecule has 2 heterocycles. The summed E-state index contributed by atoms with van der Waals surface area (Å²) in [5.41, 5.74) is 0.0591. The molecule has 2 amide bonds. The van der Waals surface area contributed by atoms with E-state index in [0.29, 0.717) is 29.4 Å². The summed E-state index contributed by atoms with van der Waals surface area (Å²) in [6.45, 7) is 7.43. The number of aromatic nitrogens is 1. The Morgan fingerprint density at radius 3 is 2.28 bits per heavy atom. The van der Waals surface area contributed by atoms with Crippen LogP contribution in [0.4, 0.5) is 18.0 Å². The number of carbonyl (C=O) groups excluding carboxylic acids is 2. The van der Waals surface area contributed by atoms with Gasteiger partial charge in [-0.15, -0.1) is 0 Å². The van der Waals surface area contributed by atoms with Crippen LogP contribution in [0.5, 0.6) is 0 Å². The summed E-state index contributed by atoms with van der Waals surface area (Å²) in [6, 6.07) is 7.78. The molecule has 9 nitrogen and oxygen atoms in total. The summed E-state index contributed by atoms with van der Waals surface area (Å²) < 4.78 is 76.2. The molecule has 1 saturated heterocycles. The van der Waals surface area contributed by atoms with Crippen molar-refractivity contribution in [2.75, 3.05) is 26.2 Å². The zero-order valence-electron chi connectivity index (χ0n) is 24.5. The minimum atomic E-state index is -4.22. The molecular weight excluding hydrogens is 585 g/mol. The van der Waals surface area contributed by atoms with Crippen molar-refractivity contribution >= 4 is 32.9 Å². The summed E-state index contributed by atoms with van der Waals surface area (Å²) in [6.07, 6.45) is -1.16. The topological polar surface area (TPSA) is 118 Å². The Bertz CT molecular complexity index is 1610. The number of halogens is 3. The van der Waals surface area contributed by atoms with Gasteiger partial charge < -0.3 is 15.4 Å². The van der Waals surface area contributed by atoms with Crippen molar-refractivity contribution < 1.29 is 35.9 Å². The zero-order chi connectivity index (χ0) is 31.5. The number of aryl methyl sites for hydroxylation is 1. The van der Waals surface area contributed by atoms with Gasteiger partial charge in [-0.1, -0.05) is 6.07 Å². The van der Waals surface area contributed by atoms with E-state index in [4.69, 9.17) is 4.74 Å². The number of alkyl halides is 1. The van der Waals surface area contributed by atoms with E-state index in [1.165, 1.54) is 12.1 Å². The maximum absolute atomic E-state index is 15.3. The van der Waals surface area contributed by atoms with E-state index in [1.807, 2.05) is 0 Å². The molecule has 1 aliphatic heterocycles. The SMILES string of the molecule is Cc1cc(-c2c(F)cc(S(=O)(=O)N3CCC(F)CC3)cc2F)nc2cc(C(=O)NCCCNC(=O)OC(C)(C)C)ccc12. The number of nitrogens with zero attached hydrogens (tertiary/aromatic N) is 2. The third kappa shape index (κ3) is 7.82. The smallest absolute Gasteiger partial charge is 0.407 e. The number of nitrogens with one attached hydrogen (secondary N) is 2. The quantitative estimate of drug-likeness (QED) is 0.332. The van der Waals surface area contributed by atoms with Gasteiger partial charge in [0.2, 0.25) is 10.0 Å². The van der Waals surface area contributed by atoms with E-state index in [-0.39, 0.29) is 43.7 Å². The standard InChI is InChI=1S/C30H35F3N4O5S/c1-18-14-26(27-23(32)16-21(17-24(27)33)43(40,41)37-12-8-20(31)9-13-37)36-25-15-19(6-7-22(18)25)28(38)34-10-5-11-35-29(39)42-30(2,3)4/h6-7,14-17,20H,5,8-13H2,1-4H3,(H,34,38)(H,35,39). The maximum Gasteiger partial charge on any atom is 0.407 e. The lowest BCUT2D eigenvalue weighted by molar-refractivity contribution is 0.0527. The molecule has 1 fully saturated rings. The van der Waals surface area contributed by atoms with E-state index in [2.05, 4.69) is 15.6 Å². The first kappa shape index (κ1) is 32.2. The third-order valence-corrected chi connectivity index (χ3v) is 8.76. The Balaban J connectivity index is 1.50. The number of benzene rings is 2. The van der Waals surface area contributed by atoms with Gasteiger partial charge in [-0.3, -0.25) is 4.79 Å². The van der Waals surface area contributed by atoms with E-state index in [9.17, 15) is 22.4 Å². The molecule has 0 bridgehead atoms. The van der Waals surface area contributed by atoms with Crippen molar-refractivity contribution in [1.82, 2.24) is 19.9 Å². The second-order valence-electron chi connectivity index (χ2n) is 11.4. The first-order valence-electron chi connectivity index (χ1n) is 14.0. The number of alkyl carbamates (subject to hydrolysis) is 1. The first-order chi connectivity index (χ1) is 20.2. The average molecular weight is 621 g/mol. The predicted octanol–water partition coefficient (Wildman–Crippen LogP) is 5.26. The highest BCUT2D eigenvalue weighted by atomic mass is 32.2. The van der Waals surface area contributed by atoms with Crippen LogP contribution in [0.15, 0.2) is 41.3 Å². The Hall–Kier alpha value is -3.71. The number of fused-ring (bicyclic) bond motifs is 1. The Labute approximate surface area is 248 Å². The summed E-state index contributed by atoms with van der Waals surface area (Å²) in [5.74, 6) is -2.62. The van der Waals surface area contributed by atoms with Crippen molar-refractivity contribution in [3.05, 3.63) is 59.2 Å². The highest BCUT2D eigenvalue weighted by Gasteiger charge is 2.31. The molecule has 2 aromatic carbocycles. The molecule has 0 saturated carbocycles. The van der Waals surface area contributed by atoms with Crippen molar-refractivity contribution in [2.45, 2.75) is 63.6 Å². The van der Waals surface area contributed by atoms with Gasteiger partial charge in [0.05, 0.1) is 21.7 Å². The number of hydrogen-bond acceptors (Lipinski definition) is 6. The van der Waals surface area contributed by atoms with Gasteiger partial charge in [-0.25, -0.2) is 31.4 Å². The lowest BCUT2D eigenvalue weighted by Gasteiger charge is -2.28. The summed E-state index contributed by atoms with van der Waals surface area (Å²) in [5, 5.41) is 6.03. The van der Waals surface area contributed by atoms with E-state index < -0.39 is 55.9 Å². The van der Waals surface area contributed by atoms with Crippen LogP contribution < -0.4 is 10.6 Å². The van der Waals surface area contributed by atoms with E-state index in [1.54, 1.807) is 39.8 Å². The van der Waals surface area contributed by atoms with Crippen LogP contribution in [0.1, 0.15) is 56.0 Å². The number of amides is 2. The molecule has 2 N–H and O–H groups in total. The van der Waals surface area contributed by atoms with Crippen molar-refractivity contribution in [2.24, 2.45) is 0 Å². The van der Waals surface area contributed by atoms with Crippen LogP contribution in [0, 0.1) is 18.6 Å². The second kappa shape index (κ2) is 12.9. The van der Waals surface area contributed by atoms with Gasteiger partial charge in [-0.05, 0) is 82.9 Å². The average Bonchev–Trinajstić information content (AvgIpc) is 2.91. The third-order valence-electron chi connectivity index (χ3n) is 6.88. The van der Waals surface area contributed by atoms with Crippen LogP contribution >= 0.6 is 0 Å². The van der Waals surface area contributed by atoms with Gasteiger partial charge in [0.15, 0.2) is 0 Å². The number of ether oxygens (including phenoxy) is 1. The highest BCUT2D eigenvalue weighted by molar-refractivity contribution is 7.89. The minimum absolute atomic E-state index is 0.0217. The van der Waals surface area contributed by atoms with Crippen molar-refractivity contribution in [1.29, 1.82) is 0 Å². The van der Waals surface area contributed by atoms with Gasteiger partial charge in [0.1, 0.15) is 23.4 Å². The van der Waals surface area contributed by atoms with Crippen LogP contribution in [-0.2, 0) is 14.8 Å². The summed E-state index contributed by atoms with van der Waals surface area (Å²) in [7, 11) is -4.22. The van der Waals surface area contributed by atoms with Gasteiger partial charge in [0.25, 0.3) is 5.91 Å². The fourth-order valence-electron chi connectivity index (χ4n) is 4.73. The predicted molar refractivity (Wildman–Crippen MR) is 156 cm³/mol. The number of rotatable bonds is 8. The van der Waals surface area contributed by atoms with Crippen molar-refractivity contribution in [3.63, 3.8) is 0 Å². The Morgan fingerprint density at radius 2 is 1.65 bits per heavy atom. The minimum Gasteiger partial charge on any atom is -0.444 e. The maximum atomic E-state index is 15.3. The molecule has 3 aromatic rings. The molecule has 0 atom stereocenters. The first-order valence-corrected chi connectivity index (χ1v) is 15.4. The Kier molecular flexibility index (Phi) is 9.65. The molecule has 13 heteroatoms. The Morgan fingerprint density at radius 1 is 1.02 bits per heavy atom. The van der Waals surface area contributed by atoms with Crippen molar-refractivity contribution in [3.8, 4) is 11.3 Å². The second-order valence-corrected chi connectivity index (χ2v) is 13.4. The molecule has 43 heavy (non-hydrogen) atoms. The lowest BCUT2D eigenvalue weighted by atomic mass is 10.0. The van der Waals surface area contributed by atoms with E-state index >= 15 is 8.78 Å². The largest absolute Gasteiger partial charge is 0.444 e. The van der Waals surface area contributed by atoms with E-state index in [0.717, 1.165) is 16.4 Å². The van der Waals surface area contributed by atoms with Gasteiger partial charge in [-0.2, -0.15) is 4.31 Å². The fourth-order valence-corrected chi connectivity index (χ4v) is 6.22. The number of sulfonamides is 1. The van der Waals surface area contributed by atoms with Crippen LogP contribution in [0.25, 0.3) is 22.2 Å². The molecule has 1 aliphatic rings. The normalized spacial score (nSPS) is 15.0. The van der Waals surface area contributed by atoms with Gasteiger partial charge >= 0.3 is 6.09 Å². The summed E-state index contributed by atoms with van der Waals surface area (Å²) in [4.78, 5) is 28.3. The fraction of sp³-hybridized carbons (Fsp3) is 0.433. The molecule has 0 spiro atoms. The molecule has 0 unspecified atom stereocenters. The molecule has 232 valence electrons. The molecule has 0 radical (unpaired) electrons. The monoisotopic (exact) mass is 620 g/mol. The number of piperidine rings is 1. The molecule has 1 aromatic heterocycles. The summed E-state index contributed by atoms with van der Waals surface area (Å²) >= 11 is 0. The van der Waals surface area contributed by atoms with Crippen LogP contribution in [0.2, 0.25) is 0 Å². The molecule has 4 rings (SSSR count). The number of carbonyl (C=O) groups is 2. The van der Waals surface area contributed by atoms with Crippen LogP contribution in [-0.4, -0.2) is 67.7 Å². The molecular formula is C30H35F3N4O5S. The van der Waals surface area contributed by atoms with Gasteiger partial charge in [0, 0.05) is 37.1 Å². The molecule has 0 aliphatic carbocycles. The number of pyridine rings is 1. The number of hydrogen-bond donors (Lipinski definition) is 2.